The minimum Gasteiger partial charge on any atom is -0.459 e. The Hall–Kier alpha value is -2.25. The van der Waals surface area contributed by atoms with Crippen LogP contribution in [0.3, 0.4) is 0 Å². The lowest BCUT2D eigenvalue weighted by Crippen LogP contribution is -2.59. The van der Waals surface area contributed by atoms with Crippen LogP contribution in [0.1, 0.15) is 56.6 Å². The van der Waals surface area contributed by atoms with E-state index in [1.54, 1.807) is 12.1 Å². The fraction of sp³-hybridized carbons (Fsp3) is 0.500. The molecule has 32 heavy (non-hydrogen) atoms. The van der Waals surface area contributed by atoms with Crippen LogP contribution >= 0.6 is 0 Å². The molecule has 1 fully saturated rings. The number of hydroxylamine groups is 2. The summed E-state index contributed by atoms with van der Waals surface area (Å²) in [5, 5.41) is 2.00. The molecule has 1 aliphatic rings. The minimum absolute atomic E-state index is 0.127. The van der Waals surface area contributed by atoms with Crippen molar-refractivity contribution in [2.45, 2.75) is 57.9 Å². The van der Waals surface area contributed by atoms with E-state index >= 15 is 0 Å². The average Bonchev–Trinajstić information content (AvgIpc) is 2.82. The normalized spacial score (nSPS) is 22.2. The van der Waals surface area contributed by atoms with E-state index in [1.165, 1.54) is 0 Å². The number of carbonyl (C=O) groups is 1. The molecule has 1 saturated heterocycles. The summed E-state index contributed by atoms with van der Waals surface area (Å²) in [6, 6.07) is 19.1. The first-order chi connectivity index (χ1) is 15.2. The number of rotatable bonds is 6. The fourth-order valence-electron chi connectivity index (χ4n) is 3.90. The lowest BCUT2D eigenvalue weighted by Gasteiger charge is -2.47. The van der Waals surface area contributed by atoms with Crippen molar-refractivity contribution in [3.05, 3.63) is 71.8 Å². The average molecular weight is 442 g/mol. The summed E-state index contributed by atoms with van der Waals surface area (Å²) in [5.41, 5.74) is 0.784. The van der Waals surface area contributed by atoms with Gasteiger partial charge in [-0.3, -0.25) is 4.84 Å². The Morgan fingerprint density at radius 2 is 1.59 bits per heavy atom. The number of hydrogen-bond acceptors (Lipinski definition) is 6. The first-order valence-corrected chi connectivity index (χ1v) is 11.1. The fourth-order valence-corrected chi connectivity index (χ4v) is 3.90. The Bertz CT molecular complexity index is 853. The quantitative estimate of drug-likeness (QED) is 0.600. The molecule has 0 spiro atoms. The molecule has 6 heteroatoms. The van der Waals surface area contributed by atoms with Crippen LogP contribution in [-0.2, 0) is 19.0 Å². The van der Waals surface area contributed by atoms with Crippen LogP contribution in [0.5, 0.6) is 0 Å². The van der Waals surface area contributed by atoms with Crippen molar-refractivity contribution in [2.75, 3.05) is 26.4 Å². The highest BCUT2D eigenvalue weighted by molar-refractivity contribution is 5.89. The number of nitrogens with zero attached hydrogens (tertiary/aromatic N) is 1. The third kappa shape index (κ3) is 6.39. The topological polar surface area (TPSA) is 57.2 Å². The van der Waals surface area contributed by atoms with E-state index in [1.807, 2.05) is 48.4 Å². The molecule has 2 aromatic rings. The second-order valence-corrected chi connectivity index (χ2v) is 9.49. The smallest absolute Gasteiger partial charge is 0.338 e. The van der Waals surface area contributed by atoms with Crippen molar-refractivity contribution in [1.82, 2.24) is 5.06 Å². The van der Waals surface area contributed by atoms with E-state index in [0.717, 1.165) is 5.56 Å². The number of ether oxygens (including phenoxy) is 3. The van der Waals surface area contributed by atoms with Gasteiger partial charge in [0.15, 0.2) is 0 Å². The molecular weight excluding hydrogens is 406 g/mol. The van der Waals surface area contributed by atoms with Gasteiger partial charge in [-0.15, -0.1) is 0 Å². The van der Waals surface area contributed by atoms with Crippen LogP contribution in [0.2, 0.25) is 0 Å². The van der Waals surface area contributed by atoms with Gasteiger partial charge < -0.3 is 14.2 Å². The van der Waals surface area contributed by atoms with Crippen LogP contribution < -0.4 is 0 Å². The van der Waals surface area contributed by atoms with Gasteiger partial charge in [0.25, 0.3) is 0 Å². The molecule has 174 valence electrons. The van der Waals surface area contributed by atoms with Gasteiger partial charge in [0.2, 0.25) is 0 Å². The molecule has 3 rings (SSSR count). The van der Waals surface area contributed by atoms with Crippen LogP contribution in [0.15, 0.2) is 60.7 Å². The van der Waals surface area contributed by atoms with Gasteiger partial charge >= 0.3 is 5.97 Å². The highest BCUT2D eigenvalue weighted by Crippen LogP contribution is 2.32. The third-order valence-corrected chi connectivity index (χ3v) is 5.47. The summed E-state index contributed by atoms with van der Waals surface area (Å²) in [4.78, 5) is 18.8. The van der Waals surface area contributed by atoms with Crippen molar-refractivity contribution < 1.29 is 23.8 Å². The van der Waals surface area contributed by atoms with Crippen molar-refractivity contribution in [3.63, 3.8) is 0 Å². The predicted octanol–water partition coefficient (Wildman–Crippen LogP) is 4.81. The van der Waals surface area contributed by atoms with Crippen LogP contribution in [0.4, 0.5) is 0 Å². The van der Waals surface area contributed by atoms with Crippen LogP contribution in [0, 0.1) is 0 Å². The molecule has 6 nitrogen and oxygen atoms in total. The van der Waals surface area contributed by atoms with Crippen LogP contribution in [-0.4, -0.2) is 54.6 Å². The summed E-state index contributed by atoms with van der Waals surface area (Å²) >= 11 is 0. The van der Waals surface area contributed by atoms with Crippen molar-refractivity contribution in [3.8, 4) is 0 Å². The van der Waals surface area contributed by atoms with Gasteiger partial charge in [-0.25, -0.2) is 4.79 Å². The predicted molar refractivity (Wildman–Crippen MR) is 123 cm³/mol. The first kappa shape index (κ1) is 24.4. The van der Waals surface area contributed by atoms with Crippen LogP contribution in [0.25, 0.3) is 0 Å². The van der Waals surface area contributed by atoms with Gasteiger partial charge in [-0.05, 0) is 52.3 Å². The monoisotopic (exact) mass is 441 g/mol. The molecule has 0 radical (unpaired) electrons. The highest BCUT2D eigenvalue weighted by atomic mass is 16.7. The molecule has 0 N–H and O–H groups in total. The van der Waals surface area contributed by atoms with Crippen molar-refractivity contribution in [1.29, 1.82) is 0 Å². The van der Waals surface area contributed by atoms with E-state index in [4.69, 9.17) is 19.0 Å². The van der Waals surface area contributed by atoms with Gasteiger partial charge in [-0.1, -0.05) is 48.5 Å². The maximum Gasteiger partial charge on any atom is 0.338 e. The Morgan fingerprint density at radius 1 is 1.00 bits per heavy atom. The molecular formula is C26H35NO5. The molecule has 0 aliphatic carbocycles. The third-order valence-electron chi connectivity index (χ3n) is 5.47. The number of hydrogen-bond donors (Lipinski definition) is 0. The molecule has 0 aromatic heterocycles. The van der Waals surface area contributed by atoms with Gasteiger partial charge in [0.1, 0.15) is 18.8 Å². The van der Waals surface area contributed by atoms with E-state index in [9.17, 15) is 4.79 Å². The molecule has 2 aromatic carbocycles. The van der Waals surface area contributed by atoms with E-state index in [0.29, 0.717) is 25.4 Å². The summed E-state index contributed by atoms with van der Waals surface area (Å²) < 4.78 is 17.6. The molecule has 0 amide bonds. The Morgan fingerprint density at radius 3 is 2.25 bits per heavy atom. The zero-order chi connectivity index (χ0) is 23.2. The number of benzene rings is 2. The summed E-state index contributed by atoms with van der Waals surface area (Å²) in [6.45, 7) is 11.7. The molecule has 2 unspecified atom stereocenters. The van der Waals surface area contributed by atoms with E-state index in [-0.39, 0.29) is 24.8 Å². The Labute approximate surface area is 191 Å². The van der Waals surface area contributed by atoms with Crippen molar-refractivity contribution in [2.24, 2.45) is 0 Å². The van der Waals surface area contributed by atoms with Gasteiger partial charge in [-0.2, -0.15) is 5.06 Å². The second-order valence-electron chi connectivity index (χ2n) is 9.49. The largest absolute Gasteiger partial charge is 0.459 e. The first-order valence-electron chi connectivity index (χ1n) is 11.1. The number of carbonyl (C=O) groups excluding carboxylic acids is 1. The highest BCUT2D eigenvalue weighted by Gasteiger charge is 2.42. The molecule has 1 aliphatic heterocycles. The summed E-state index contributed by atoms with van der Waals surface area (Å²) in [5.74, 6) is -0.365. The van der Waals surface area contributed by atoms with E-state index in [2.05, 4.69) is 39.8 Å². The summed E-state index contributed by atoms with van der Waals surface area (Å²) in [7, 11) is 0. The standard InChI is InChI=1S/C26H35NO5/c1-20(21-12-8-6-9-13-21)32-27-25(2,3)18-29-16-23(31-19-26(27,4)5)17-30-24(28)22-14-10-7-11-15-22/h6-15,20,23H,16-19H2,1-5H3. The SMILES string of the molecule is CC(ON1C(C)(C)COCC(COC(=O)c2ccccc2)OCC1(C)C)c1ccccc1. The maximum atomic E-state index is 12.3. The lowest BCUT2D eigenvalue weighted by molar-refractivity contribution is -0.301. The maximum absolute atomic E-state index is 12.3. The zero-order valence-corrected chi connectivity index (χ0v) is 19.7. The Kier molecular flexibility index (Phi) is 8.06. The van der Waals surface area contributed by atoms with Crippen molar-refractivity contribution >= 4 is 5.97 Å². The van der Waals surface area contributed by atoms with Gasteiger partial charge in [0, 0.05) is 0 Å². The second kappa shape index (κ2) is 10.6. The van der Waals surface area contributed by atoms with E-state index < -0.39 is 11.1 Å². The molecule has 2 atom stereocenters. The molecule has 0 saturated carbocycles. The molecule has 0 bridgehead atoms. The lowest BCUT2D eigenvalue weighted by atomic mass is 9.97. The minimum atomic E-state index is -0.443. The van der Waals surface area contributed by atoms with Gasteiger partial charge in [0.05, 0.1) is 36.5 Å². The molecule has 1 heterocycles. The zero-order valence-electron chi connectivity index (χ0n) is 19.7. The number of esters is 1. The summed E-state index contributed by atoms with van der Waals surface area (Å²) in [6.07, 6.45) is -0.484. The Balaban J connectivity index is 1.66.